The van der Waals surface area contributed by atoms with Crippen molar-refractivity contribution in [3.05, 3.63) is 88.9 Å². The number of carbonyl (C=O) groups excluding carboxylic acids is 2. The van der Waals surface area contributed by atoms with Crippen LogP contribution in [0.2, 0.25) is 0 Å². The minimum absolute atomic E-state index is 0.0184. The molecule has 4 bridgehead atoms. The predicted octanol–water partition coefficient (Wildman–Crippen LogP) is 5.44. The van der Waals surface area contributed by atoms with Gasteiger partial charge < -0.3 is 25.4 Å². The molecule has 2 amide bonds. The van der Waals surface area contributed by atoms with Gasteiger partial charge in [-0.1, -0.05) is 49.4 Å². The highest BCUT2D eigenvalue weighted by molar-refractivity contribution is 7.86. The number of para-hydroxylation sites is 1. The monoisotopic (exact) mass is 1000 g/mol. The fourth-order valence-corrected chi connectivity index (χ4v) is 14.8. The average molecular weight is 1010 g/mol. The van der Waals surface area contributed by atoms with Crippen molar-refractivity contribution < 1.29 is 50.2 Å². The Hall–Kier alpha value is -5.36. The lowest BCUT2D eigenvalue weighted by molar-refractivity contribution is -0.248. The van der Waals surface area contributed by atoms with E-state index < -0.39 is 61.8 Å². The Morgan fingerprint density at radius 1 is 0.913 bits per heavy atom. The number of amides is 2. The molecule has 5 aliphatic rings. The summed E-state index contributed by atoms with van der Waals surface area (Å²) >= 11 is 1.40. The van der Waals surface area contributed by atoms with Gasteiger partial charge in [-0.25, -0.2) is 14.8 Å². The van der Waals surface area contributed by atoms with Crippen molar-refractivity contribution in [1.82, 2.24) is 24.6 Å². The SMILES string of the molecule is Cc1c(-c2ccc(N3CCc4cccc(C(=O)Nc5nc6ccccc6s5)c4C3)nc2C(=O)O)cnn1CC12CC3(C)CC(C)(C1)CC(OCCN(CCS(=O)(=O)O)C(=O)[C@@H](N)CS(=O)(=O)O)(C3)C2. The molecule has 0 radical (unpaired) electrons. The minimum Gasteiger partial charge on any atom is -0.476 e. The molecule has 5 aromatic rings. The van der Waals surface area contributed by atoms with E-state index in [0.29, 0.717) is 60.1 Å². The number of carboxylic acid groups (broad SMARTS) is 1. The molecule has 1 aliphatic heterocycles. The highest BCUT2D eigenvalue weighted by atomic mass is 32.2. The smallest absolute Gasteiger partial charge is 0.355 e. The summed E-state index contributed by atoms with van der Waals surface area (Å²) in [6.45, 7) is 7.29. The molecule has 10 rings (SSSR count). The number of hydrogen-bond donors (Lipinski definition) is 5. The number of aromatic nitrogens is 4. The second-order valence-electron chi connectivity index (χ2n) is 20.4. The number of carboxylic acids is 1. The van der Waals surface area contributed by atoms with Gasteiger partial charge in [-0.05, 0) is 110 Å². The fraction of sp³-hybridized carbons (Fsp3) is 0.489. The van der Waals surface area contributed by atoms with Crippen molar-refractivity contribution in [2.24, 2.45) is 22.0 Å². The van der Waals surface area contributed by atoms with E-state index in [-0.39, 0.29) is 41.0 Å². The zero-order valence-corrected chi connectivity index (χ0v) is 41.0. The first-order valence-corrected chi connectivity index (χ1v) is 26.8. The summed E-state index contributed by atoms with van der Waals surface area (Å²) in [6, 6.07) is 15.3. The first-order chi connectivity index (χ1) is 32.4. The lowest BCUT2D eigenvalue weighted by atomic mass is 9.39. The Balaban J connectivity index is 0.920. The summed E-state index contributed by atoms with van der Waals surface area (Å²) in [5.74, 6) is -3.76. The number of benzene rings is 2. The van der Waals surface area contributed by atoms with Crippen molar-refractivity contribution in [3.8, 4) is 11.1 Å². The molecule has 2 aromatic carbocycles. The van der Waals surface area contributed by atoms with Crippen LogP contribution in [0.4, 0.5) is 10.9 Å². The number of nitrogens with two attached hydrogens (primary N) is 1. The number of thiazole rings is 1. The summed E-state index contributed by atoms with van der Waals surface area (Å²) in [4.78, 5) is 52.2. The third kappa shape index (κ3) is 10.3. The Morgan fingerprint density at radius 3 is 2.35 bits per heavy atom. The zero-order chi connectivity index (χ0) is 49.3. The Bertz CT molecular complexity index is 3050. The molecular formula is C47H56N8O11S3. The molecule has 4 aliphatic carbocycles. The van der Waals surface area contributed by atoms with Gasteiger partial charge in [-0.15, -0.1) is 0 Å². The molecule has 368 valence electrons. The van der Waals surface area contributed by atoms with Gasteiger partial charge in [0.15, 0.2) is 10.8 Å². The summed E-state index contributed by atoms with van der Waals surface area (Å²) in [7, 11) is -9.10. The summed E-state index contributed by atoms with van der Waals surface area (Å²) in [6.07, 6.45) is 7.28. The molecular weight excluding hydrogens is 949 g/mol. The Kier molecular flexibility index (Phi) is 12.5. The van der Waals surface area contributed by atoms with Crippen molar-refractivity contribution in [2.75, 3.05) is 48.0 Å². The van der Waals surface area contributed by atoms with E-state index in [1.54, 1.807) is 18.3 Å². The van der Waals surface area contributed by atoms with Crippen LogP contribution in [0.1, 0.15) is 90.0 Å². The number of hydrogen-bond acceptors (Lipinski definition) is 14. The van der Waals surface area contributed by atoms with E-state index in [0.717, 1.165) is 64.0 Å². The second kappa shape index (κ2) is 17.8. The molecule has 19 nitrogen and oxygen atoms in total. The molecule has 0 saturated heterocycles. The van der Waals surface area contributed by atoms with Gasteiger partial charge in [0.1, 0.15) is 11.9 Å². The molecule has 69 heavy (non-hydrogen) atoms. The van der Waals surface area contributed by atoms with Crippen LogP contribution < -0.4 is 16.0 Å². The number of nitrogens with one attached hydrogen (secondary N) is 1. The topological polar surface area (TPSA) is 278 Å². The molecule has 4 saturated carbocycles. The van der Waals surface area contributed by atoms with Gasteiger partial charge in [0.2, 0.25) is 5.91 Å². The van der Waals surface area contributed by atoms with Crippen LogP contribution in [0.5, 0.6) is 0 Å². The number of fused-ring (bicyclic) bond motifs is 2. The first kappa shape index (κ1) is 48.7. The van der Waals surface area contributed by atoms with Gasteiger partial charge in [0.25, 0.3) is 26.1 Å². The van der Waals surface area contributed by atoms with Gasteiger partial charge in [-0.2, -0.15) is 21.9 Å². The molecule has 22 heteroatoms. The van der Waals surface area contributed by atoms with Gasteiger partial charge >= 0.3 is 5.97 Å². The number of aromatic carboxylic acids is 1. The number of nitrogens with zero attached hydrogens (tertiary/aromatic N) is 6. The van der Waals surface area contributed by atoms with Crippen molar-refractivity contribution in [3.63, 3.8) is 0 Å². The maximum absolute atomic E-state index is 13.7. The van der Waals surface area contributed by atoms with E-state index in [9.17, 15) is 45.4 Å². The lowest BCUT2D eigenvalue weighted by Crippen LogP contribution is -2.64. The molecule has 0 spiro atoms. The number of pyridine rings is 1. The third-order valence-corrected chi connectivity index (χ3v) is 16.8. The molecule has 2 unspecified atom stereocenters. The van der Waals surface area contributed by atoms with Crippen molar-refractivity contribution in [2.45, 2.75) is 90.4 Å². The number of rotatable bonds is 17. The van der Waals surface area contributed by atoms with Gasteiger partial charge in [0.05, 0.1) is 40.1 Å². The Labute approximate surface area is 403 Å². The van der Waals surface area contributed by atoms with Gasteiger partial charge in [-0.3, -0.25) is 28.7 Å². The Morgan fingerprint density at radius 2 is 1.65 bits per heavy atom. The highest BCUT2D eigenvalue weighted by Gasteiger charge is 2.66. The summed E-state index contributed by atoms with van der Waals surface area (Å²) in [5.41, 5.74) is 9.66. The fourth-order valence-electron chi connectivity index (χ4n) is 12.9. The van der Waals surface area contributed by atoms with Crippen molar-refractivity contribution in [1.29, 1.82) is 0 Å². The van der Waals surface area contributed by atoms with Crippen LogP contribution in [0, 0.1) is 23.2 Å². The van der Waals surface area contributed by atoms with Crippen LogP contribution in [0.3, 0.4) is 0 Å². The summed E-state index contributed by atoms with van der Waals surface area (Å²) in [5, 5.41) is 18.9. The molecule has 6 N–H and O–H groups in total. The first-order valence-electron chi connectivity index (χ1n) is 22.8. The van der Waals surface area contributed by atoms with Crippen LogP contribution in [0.15, 0.2) is 60.8 Å². The standard InChI is InChI=1S/C47H56N8O11S3/c1-29-33(31-11-12-38(51-39(31)42(58)59)54-14-13-30-7-6-8-32(34(30)20-54)40(56)52-43-50-36-9-4-5-10-37(36)67-43)19-49-55(29)28-46-23-44(2)22-45(3,24-46)26-47(25-44,27-46)66-17-15-53(16-18-68(60,61)62)41(57)35(48)21-69(63,64)65/h4-12,19,35H,13-18,20-28,48H2,1-3H3,(H,58,59)(H,50,52,56)(H,60,61,62)(H,63,64,65)/t35-,44?,45?,46?,47?/m0/s1. The second-order valence-corrected chi connectivity index (χ2v) is 24.5. The predicted molar refractivity (Wildman–Crippen MR) is 258 cm³/mol. The molecule has 4 heterocycles. The van der Waals surface area contributed by atoms with Crippen LogP contribution in [0.25, 0.3) is 21.3 Å². The van der Waals surface area contributed by atoms with E-state index in [1.165, 1.54) is 11.3 Å². The average Bonchev–Trinajstić information content (AvgIpc) is 3.83. The van der Waals surface area contributed by atoms with Crippen LogP contribution in [-0.4, -0.2) is 123 Å². The van der Waals surface area contributed by atoms with E-state index >= 15 is 0 Å². The number of carbonyl (C=O) groups is 3. The number of anilines is 2. The van der Waals surface area contributed by atoms with Crippen LogP contribution >= 0.6 is 11.3 Å². The third-order valence-electron chi connectivity index (χ3n) is 14.4. The quantitative estimate of drug-likeness (QED) is 0.0725. The maximum atomic E-state index is 13.7. The zero-order valence-electron chi connectivity index (χ0n) is 38.6. The minimum atomic E-state index is -4.62. The van der Waals surface area contributed by atoms with Crippen molar-refractivity contribution >= 4 is 70.5 Å². The summed E-state index contributed by atoms with van der Waals surface area (Å²) < 4.78 is 74.7. The van der Waals surface area contributed by atoms with Gasteiger partial charge in [0, 0.05) is 55.1 Å². The molecule has 4 fully saturated rings. The molecule has 3 aromatic heterocycles. The number of ether oxygens (including phenoxy) is 1. The van der Waals surface area contributed by atoms with E-state index in [2.05, 4.69) is 24.1 Å². The lowest BCUT2D eigenvalue weighted by Gasteiger charge is -2.69. The van der Waals surface area contributed by atoms with Crippen LogP contribution in [-0.2, 0) is 49.3 Å². The van der Waals surface area contributed by atoms with E-state index in [4.69, 9.17) is 20.6 Å². The largest absolute Gasteiger partial charge is 0.476 e. The molecule has 3 atom stereocenters. The maximum Gasteiger partial charge on any atom is 0.355 e. The highest BCUT2D eigenvalue weighted by Crippen LogP contribution is 2.72. The normalized spacial score (nSPS) is 24.6. The van der Waals surface area contributed by atoms with E-state index in [1.807, 2.05) is 59.0 Å².